The first kappa shape index (κ1) is 16.9. The summed E-state index contributed by atoms with van der Waals surface area (Å²) in [5, 5.41) is 0. The van der Waals surface area contributed by atoms with E-state index in [0.717, 1.165) is 34.8 Å². The van der Waals surface area contributed by atoms with Gasteiger partial charge < -0.3 is 4.74 Å². The van der Waals surface area contributed by atoms with E-state index in [2.05, 4.69) is 19.7 Å². The molecule has 0 aromatic carbocycles. The Morgan fingerprint density at radius 3 is 2.44 bits per heavy atom. The summed E-state index contributed by atoms with van der Waals surface area (Å²) in [7, 11) is 0.921. The number of allylic oxidation sites excluding steroid dienone is 2. The molecule has 3 heteroatoms. The van der Waals surface area contributed by atoms with Gasteiger partial charge in [-0.2, -0.15) is 0 Å². The van der Waals surface area contributed by atoms with Crippen LogP contribution in [0.5, 0.6) is 0 Å². The average Bonchev–Trinajstić information content (AvgIpc) is 2.33. The van der Waals surface area contributed by atoms with Crippen LogP contribution in [-0.2, 0) is 9.53 Å². The van der Waals surface area contributed by atoms with E-state index in [1.165, 1.54) is 6.04 Å². The normalized spacial score (nSPS) is 10.1. The maximum Gasteiger partial charge on any atom is 0.333 e. The van der Waals surface area contributed by atoms with E-state index in [-0.39, 0.29) is 5.97 Å². The molecular formula is C15H24O2Si. The van der Waals surface area contributed by atoms with Crippen LogP contribution < -0.4 is 0 Å². The topological polar surface area (TPSA) is 26.3 Å². The van der Waals surface area contributed by atoms with Gasteiger partial charge in [-0.25, -0.2) is 4.79 Å². The number of rotatable bonds is 11. The highest BCUT2D eigenvalue weighted by molar-refractivity contribution is 6.35. The van der Waals surface area contributed by atoms with Crippen molar-refractivity contribution in [1.82, 2.24) is 0 Å². The highest BCUT2D eigenvalue weighted by Gasteiger charge is 2.06. The number of carbonyl (C=O) groups excluding carboxylic acids is 1. The van der Waals surface area contributed by atoms with Crippen molar-refractivity contribution in [1.29, 1.82) is 0 Å². The van der Waals surface area contributed by atoms with E-state index in [0.29, 0.717) is 18.1 Å². The summed E-state index contributed by atoms with van der Waals surface area (Å²) in [6.45, 7) is 13.3. The van der Waals surface area contributed by atoms with Crippen LogP contribution >= 0.6 is 0 Å². The summed E-state index contributed by atoms with van der Waals surface area (Å²) >= 11 is 0. The maximum atomic E-state index is 11.1. The molecule has 0 fully saturated rings. The van der Waals surface area contributed by atoms with Crippen LogP contribution in [-0.4, -0.2) is 22.1 Å². The Hall–Kier alpha value is -1.09. The molecule has 0 saturated heterocycles. The molecule has 0 saturated carbocycles. The average molecular weight is 264 g/mol. The SMILES string of the molecule is C=CCC(CC=C)C[Si]CCCOC(=O)C(=C)C. The minimum atomic E-state index is -0.283. The molecule has 0 amide bonds. The van der Waals surface area contributed by atoms with Crippen molar-refractivity contribution >= 4 is 15.5 Å². The third-order valence-electron chi connectivity index (χ3n) is 2.51. The zero-order chi connectivity index (χ0) is 13.8. The van der Waals surface area contributed by atoms with Gasteiger partial charge in [0.05, 0.1) is 6.61 Å². The summed E-state index contributed by atoms with van der Waals surface area (Å²) in [6, 6.07) is 2.33. The van der Waals surface area contributed by atoms with Crippen molar-refractivity contribution in [2.24, 2.45) is 5.92 Å². The van der Waals surface area contributed by atoms with Crippen LogP contribution in [0.4, 0.5) is 0 Å². The molecule has 0 rings (SSSR count). The first-order valence-electron chi connectivity index (χ1n) is 6.37. The quantitative estimate of drug-likeness (QED) is 0.186. The molecule has 0 atom stereocenters. The molecule has 2 radical (unpaired) electrons. The molecule has 0 heterocycles. The maximum absolute atomic E-state index is 11.1. The Labute approximate surface area is 114 Å². The van der Waals surface area contributed by atoms with Crippen LogP contribution in [0.2, 0.25) is 12.1 Å². The Balaban J connectivity index is 3.53. The molecule has 18 heavy (non-hydrogen) atoms. The lowest BCUT2D eigenvalue weighted by atomic mass is 10.0. The Kier molecular flexibility index (Phi) is 10.4. The van der Waals surface area contributed by atoms with E-state index in [4.69, 9.17) is 4.74 Å². The van der Waals surface area contributed by atoms with Gasteiger partial charge in [0.15, 0.2) is 0 Å². The molecule has 0 unspecified atom stereocenters. The van der Waals surface area contributed by atoms with Gasteiger partial charge in [-0.15, -0.1) is 13.2 Å². The van der Waals surface area contributed by atoms with Crippen molar-refractivity contribution in [3.05, 3.63) is 37.5 Å². The Morgan fingerprint density at radius 2 is 1.94 bits per heavy atom. The monoisotopic (exact) mass is 264 g/mol. The second kappa shape index (κ2) is 11.0. The van der Waals surface area contributed by atoms with Gasteiger partial charge >= 0.3 is 5.97 Å². The highest BCUT2D eigenvalue weighted by Crippen LogP contribution is 2.15. The molecule has 0 aliphatic rings. The standard InChI is InChI=1S/C15H24O2Si/c1-5-8-14(9-6-2)12-18-11-7-10-17-15(16)13(3)4/h5-6,14H,1-3,7-12H2,4H3. The second-order valence-corrected chi connectivity index (χ2v) is 5.80. The summed E-state index contributed by atoms with van der Waals surface area (Å²) in [6.07, 6.45) is 7.01. The van der Waals surface area contributed by atoms with Gasteiger partial charge in [-0.1, -0.05) is 30.8 Å². The summed E-state index contributed by atoms with van der Waals surface area (Å²) in [5.41, 5.74) is 0.467. The molecule has 0 aliphatic heterocycles. The molecule has 0 aromatic rings. The predicted octanol–water partition coefficient (Wildman–Crippen LogP) is 3.81. The number of carbonyl (C=O) groups is 1. The second-order valence-electron chi connectivity index (χ2n) is 4.39. The van der Waals surface area contributed by atoms with Gasteiger partial charge in [0.25, 0.3) is 0 Å². The van der Waals surface area contributed by atoms with Crippen molar-refractivity contribution in [2.75, 3.05) is 6.61 Å². The van der Waals surface area contributed by atoms with Crippen LogP contribution in [0.15, 0.2) is 37.5 Å². The molecule has 100 valence electrons. The van der Waals surface area contributed by atoms with Crippen LogP contribution in [0.25, 0.3) is 0 Å². The number of hydrogen-bond donors (Lipinski definition) is 0. The molecule has 0 aliphatic carbocycles. The summed E-state index contributed by atoms with van der Waals surface area (Å²) < 4.78 is 5.04. The van der Waals surface area contributed by atoms with Gasteiger partial charge in [0.2, 0.25) is 0 Å². The fourth-order valence-corrected chi connectivity index (χ4v) is 2.87. The third kappa shape index (κ3) is 8.99. The third-order valence-corrected chi connectivity index (χ3v) is 4.09. The largest absolute Gasteiger partial charge is 0.462 e. The van der Waals surface area contributed by atoms with E-state index in [1.54, 1.807) is 6.92 Å². The van der Waals surface area contributed by atoms with Crippen LogP contribution in [0, 0.1) is 5.92 Å². The zero-order valence-corrected chi connectivity index (χ0v) is 12.4. The first-order valence-corrected chi connectivity index (χ1v) is 7.78. The molecule has 0 N–H and O–H groups in total. The number of hydrogen-bond acceptors (Lipinski definition) is 2. The van der Waals surface area contributed by atoms with E-state index >= 15 is 0 Å². The van der Waals surface area contributed by atoms with Gasteiger partial charge in [0, 0.05) is 15.1 Å². The number of esters is 1. The molecule has 0 spiro atoms. The van der Waals surface area contributed by atoms with Crippen molar-refractivity contribution in [3.63, 3.8) is 0 Å². The summed E-state index contributed by atoms with van der Waals surface area (Å²) in [4.78, 5) is 11.1. The van der Waals surface area contributed by atoms with Crippen molar-refractivity contribution in [3.8, 4) is 0 Å². The smallest absolute Gasteiger partial charge is 0.333 e. The van der Waals surface area contributed by atoms with Gasteiger partial charge in [-0.05, 0) is 32.1 Å². The molecule has 0 aromatic heterocycles. The van der Waals surface area contributed by atoms with Gasteiger partial charge in [0.1, 0.15) is 0 Å². The van der Waals surface area contributed by atoms with Crippen molar-refractivity contribution < 1.29 is 9.53 Å². The molecule has 0 bridgehead atoms. The Bertz CT molecular complexity index is 274. The van der Waals surface area contributed by atoms with Crippen LogP contribution in [0.3, 0.4) is 0 Å². The van der Waals surface area contributed by atoms with Crippen LogP contribution in [0.1, 0.15) is 26.2 Å². The van der Waals surface area contributed by atoms with Crippen molar-refractivity contribution in [2.45, 2.75) is 38.3 Å². The fourth-order valence-electron chi connectivity index (χ4n) is 1.53. The first-order chi connectivity index (χ1) is 8.61. The number of ether oxygens (including phenoxy) is 1. The van der Waals surface area contributed by atoms with E-state index in [9.17, 15) is 4.79 Å². The van der Waals surface area contributed by atoms with E-state index in [1.807, 2.05) is 12.2 Å². The van der Waals surface area contributed by atoms with E-state index < -0.39 is 0 Å². The lowest BCUT2D eigenvalue weighted by Gasteiger charge is -2.11. The predicted molar refractivity (Wildman–Crippen MR) is 78.9 cm³/mol. The summed E-state index contributed by atoms with van der Waals surface area (Å²) in [5.74, 6) is 0.394. The lowest BCUT2D eigenvalue weighted by Crippen LogP contribution is -2.07. The zero-order valence-electron chi connectivity index (χ0n) is 11.4. The highest BCUT2D eigenvalue weighted by atomic mass is 28.2. The minimum absolute atomic E-state index is 0.283. The minimum Gasteiger partial charge on any atom is -0.462 e. The van der Waals surface area contributed by atoms with Gasteiger partial charge in [-0.3, -0.25) is 0 Å². The Morgan fingerprint density at radius 1 is 1.33 bits per heavy atom. The molecular weight excluding hydrogens is 240 g/mol. The lowest BCUT2D eigenvalue weighted by molar-refractivity contribution is -0.138. The molecule has 2 nitrogen and oxygen atoms in total. The fraction of sp³-hybridized carbons (Fsp3) is 0.533.